The number of carbonyl (C=O) groups excluding carboxylic acids is 1. The maximum Gasteiger partial charge on any atom is 0.319 e. The van der Waals surface area contributed by atoms with Gasteiger partial charge in [-0.15, -0.1) is 0 Å². The first-order valence-corrected chi connectivity index (χ1v) is 7.46. The number of carbonyl (C=O) groups is 1. The largest absolute Gasteiger partial charge is 0.396 e. The van der Waals surface area contributed by atoms with Crippen molar-refractivity contribution in [2.24, 2.45) is 0 Å². The first kappa shape index (κ1) is 16.3. The van der Waals surface area contributed by atoms with Gasteiger partial charge in [-0.25, -0.2) is 9.48 Å². The quantitative estimate of drug-likeness (QED) is 0.765. The van der Waals surface area contributed by atoms with Crippen LogP contribution in [-0.2, 0) is 0 Å². The molecule has 0 aliphatic carbocycles. The highest BCUT2D eigenvalue weighted by Gasteiger charge is 2.09. The molecule has 1 unspecified atom stereocenters. The average molecular weight is 323 g/mol. The summed E-state index contributed by atoms with van der Waals surface area (Å²) in [7, 11) is 0. The molecule has 118 valence electrons. The molecule has 0 saturated heterocycles. The van der Waals surface area contributed by atoms with Gasteiger partial charge in [-0.3, -0.25) is 0 Å². The van der Waals surface area contributed by atoms with Crippen LogP contribution in [-0.4, -0.2) is 33.6 Å². The molecule has 2 rings (SSSR count). The Kier molecular flexibility index (Phi) is 5.80. The number of urea groups is 1. The summed E-state index contributed by atoms with van der Waals surface area (Å²) < 4.78 is 1.66. The Labute approximate surface area is 134 Å². The summed E-state index contributed by atoms with van der Waals surface area (Å²) in [6.45, 7) is 2.02. The predicted octanol–water partition coefficient (Wildman–Crippen LogP) is 2.81. The van der Waals surface area contributed by atoms with Crippen LogP contribution in [0.25, 0.3) is 5.69 Å². The fourth-order valence-corrected chi connectivity index (χ4v) is 2.31. The maximum atomic E-state index is 11.9. The van der Waals surface area contributed by atoms with Gasteiger partial charge in [0, 0.05) is 30.7 Å². The third-order valence-corrected chi connectivity index (χ3v) is 3.43. The number of benzene rings is 1. The average Bonchev–Trinajstić information content (AvgIpc) is 2.99. The molecule has 2 amide bonds. The third kappa shape index (κ3) is 4.47. The lowest BCUT2D eigenvalue weighted by atomic mass is 10.2. The standard InChI is InChI=1S/C15H19ClN4O2/c1-11(4-2-9-21)18-15(22)19-12-5-6-14(13(16)10-12)20-8-3-7-17-20/h3,5-8,10-11,21H,2,4,9H2,1H3,(H2,18,19,22). The Hall–Kier alpha value is -2.05. The number of aliphatic hydroxyl groups is 1. The van der Waals surface area contributed by atoms with Crippen molar-refractivity contribution in [1.29, 1.82) is 0 Å². The van der Waals surface area contributed by atoms with Crippen molar-refractivity contribution < 1.29 is 9.90 Å². The monoisotopic (exact) mass is 322 g/mol. The van der Waals surface area contributed by atoms with Gasteiger partial charge in [-0.2, -0.15) is 5.10 Å². The van der Waals surface area contributed by atoms with Crippen molar-refractivity contribution in [3.05, 3.63) is 41.7 Å². The summed E-state index contributed by atoms with van der Waals surface area (Å²) in [5.41, 5.74) is 1.35. The van der Waals surface area contributed by atoms with Gasteiger partial charge in [0.25, 0.3) is 0 Å². The molecule has 6 nitrogen and oxygen atoms in total. The number of nitrogens with one attached hydrogen (secondary N) is 2. The number of anilines is 1. The van der Waals surface area contributed by atoms with Crippen LogP contribution in [0.3, 0.4) is 0 Å². The smallest absolute Gasteiger partial charge is 0.319 e. The number of aromatic nitrogens is 2. The van der Waals surface area contributed by atoms with Crippen LogP contribution in [0.5, 0.6) is 0 Å². The van der Waals surface area contributed by atoms with E-state index < -0.39 is 0 Å². The van der Waals surface area contributed by atoms with E-state index in [-0.39, 0.29) is 18.7 Å². The number of hydrogen-bond acceptors (Lipinski definition) is 3. The molecule has 0 saturated carbocycles. The Bertz CT molecular complexity index is 616. The van der Waals surface area contributed by atoms with E-state index in [1.165, 1.54) is 0 Å². The Morgan fingerprint density at radius 1 is 1.50 bits per heavy atom. The summed E-state index contributed by atoms with van der Waals surface area (Å²) in [5, 5.41) is 18.9. The van der Waals surface area contributed by atoms with E-state index in [1.54, 1.807) is 35.3 Å². The second-order valence-electron chi connectivity index (χ2n) is 4.98. The first-order valence-electron chi connectivity index (χ1n) is 7.08. The predicted molar refractivity (Wildman–Crippen MR) is 86.5 cm³/mol. The fraction of sp³-hybridized carbons (Fsp3) is 0.333. The lowest BCUT2D eigenvalue weighted by molar-refractivity contribution is 0.245. The Balaban J connectivity index is 1.96. The molecule has 0 aliphatic rings. The first-order chi connectivity index (χ1) is 10.6. The van der Waals surface area contributed by atoms with Crippen molar-refractivity contribution in [2.75, 3.05) is 11.9 Å². The molecular weight excluding hydrogens is 304 g/mol. The highest BCUT2D eigenvalue weighted by molar-refractivity contribution is 6.32. The molecule has 0 aliphatic heterocycles. The zero-order chi connectivity index (χ0) is 15.9. The van der Waals surface area contributed by atoms with E-state index in [9.17, 15) is 4.79 Å². The zero-order valence-corrected chi connectivity index (χ0v) is 13.0. The lowest BCUT2D eigenvalue weighted by Gasteiger charge is -2.14. The number of nitrogens with zero attached hydrogens (tertiary/aromatic N) is 2. The van der Waals surface area contributed by atoms with E-state index in [4.69, 9.17) is 16.7 Å². The van der Waals surface area contributed by atoms with Crippen molar-refractivity contribution >= 4 is 23.3 Å². The van der Waals surface area contributed by atoms with Gasteiger partial charge in [0.05, 0.1) is 10.7 Å². The van der Waals surface area contributed by atoms with E-state index >= 15 is 0 Å². The minimum atomic E-state index is -0.298. The molecular formula is C15H19ClN4O2. The van der Waals surface area contributed by atoms with E-state index in [2.05, 4.69) is 15.7 Å². The minimum Gasteiger partial charge on any atom is -0.396 e. The highest BCUT2D eigenvalue weighted by atomic mass is 35.5. The molecule has 0 radical (unpaired) electrons. The van der Waals surface area contributed by atoms with Crippen LogP contribution < -0.4 is 10.6 Å². The van der Waals surface area contributed by atoms with Gasteiger partial charge in [0.1, 0.15) is 0 Å². The summed E-state index contributed by atoms with van der Waals surface area (Å²) in [6, 6.07) is 6.74. The molecule has 22 heavy (non-hydrogen) atoms. The Morgan fingerprint density at radius 3 is 2.95 bits per heavy atom. The summed E-state index contributed by atoms with van der Waals surface area (Å²) in [4.78, 5) is 11.9. The van der Waals surface area contributed by atoms with Gasteiger partial charge in [0.15, 0.2) is 0 Å². The molecule has 1 atom stereocenters. The second-order valence-corrected chi connectivity index (χ2v) is 5.39. The second kappa shape index (κ2) is 7.82. The summed E-state index contributed by atoms with van der Waals surface area (Å²) >= 11 is 6.22. The van der Waals surface area contributed by atoms with Gasteiger partial charge >= 0.3 is 6.03 Å². The van der Waals surface area contributed by atoms with Gasteiger partial charge in [-0.05, 0) is 44.0 Å². The molecule has 2 aromatic rings. The van der Waals surface area contributed by atoms with Crippen molar-refractivity contribution in [1.82, 2.24) is 15.1 Å². The van der Waals surface area contributed by atoms with Gasteiger partial charge in [0.2, 0.25) is 0 Å². The number of amides is 2. The minimum absolute atomic E-state index is 0.00836. The summed E-state index contributed by atoms with van der Waals surface area (Å²) in [5.74, 6) is 0. The fourth-order valence-electron chi connectivity index (χ4n) is 2.04. The molecule has 1 aromatic heterocycles. The molecule has 0 bridgehead atoms. The normalized spacial score (nSPS) is 12.0. The molecule has 1 heterocycles. The van der Waals surface area contributed by atoms with Crippen LogP contribution in [0, 0.1) is 0 Å². The van der Waals surface area contributed by atoms with Crippen molar-refractivity contribution in [2.45, 2.75) is 25.8 Å². The van der Waals surface area contributed by atoms with Crippen LogP contribution >= 0.6 is 11.6 Å². The maximum absolute atomic E-state index is 11.9. The van der Waals surface area contributed by atoms with E-state index in [1.807, 2.05) is 13.0 Å². The van der Waals surface area contributed by atoms with E-state index in [0.29, 0.717) is 17.1 Å². The summed E-state index contributed by atoms with van der Waals surface area (Å²) in [6.07, 6.45) is 4.85. The SMILES string of the molecule is CC(CCCO)NC(=O)Nc1ccc(-n2cccn2)c(Cl)c1. The Morgan fingerprint density at radius 2 is 2.32 bits per heavy atom. The van der Waals surface area contributed by atoms with Gasteiger partial charge < -0.3 is 15.7 Å². The van der Waals surface area contributed by atoms with Crippen LogP contribution in [0.1, 0.15) is 19.8 Å². The third-order valence-electron chi connectivity index (χ3n) is 3.13. The molecule has 3 N–H and O–H groups in total. The zero-order valence-electron chi connectivity index (χ0n) is 12.3. The van der Waals surface area contributed by atoms with Crippen LogP contribution in [0.15, 0.2) is 36.7 Å². The molecule has 0 spiro atoms. The topological polar surface area (TPSA) is 79.2 Å². The highest BCUT2D eigenvalue weighted by Crippen LogP contribution is 2.23. The molecule has 1 aromatic carbocycles. The van der Waals surface area contributed by atoms with E-state index in [0.717, 1.165) is 12.1 Å². The van der Waals surface area contributed by atoms with Crippen LogP contribution in [0.2, 0.25) is 5.02 Å². The number of aliphatic hydroxyl groups excluding tert-OH is 1. The number of hydrogen-bond donors (Lipinski definition) is 3. The lowest BCUT2D eigenvalue weighted by Crippen LogP contribution is -2.36. The van der Waals surface area contributed by atoms with Gasteiger partial charge in [-0.1, -0.05) is 11.6 Å². The van der Waals surface area contributed by atoms with Crippen molar-refractivity contribution in [3.63, 3.8) is 0 Å². The number of rotatable bonds is 6. The number of halogens is 1. The van der Waals surface area contributed by atoms with Crippen molar-refractivity contribution in [3.8, 4) is 5.69 Å². The van der Waals surface area contributed by atoms with Crippen LogP contribution in [0.4, 0.5) is 10.5 Å². The molecule has 0 fully saturated rings. The molecule has 7 heteroatoms.